The Balaban J connectivity index is -0.0000000490. The Labute approximate surface area is 230 Å². The molecular formula is C16H22O13Y2-4. The molecule has 0 bridgehead atoms. The van der Waals surface area contributed by atoms with Crippen molar-refractivity contribution >= 4 is 49.0 Å². The van der Waals surface area contributed by atoms with E-state index in [1.165, 1.54) is 53.8 Å². The number of carbonyl (C=O) groups excluding carboxylic acids is 8. The molecular weight excluding hydrogens is 578 g/mol. The first-order chi connectivity index (χ1) is 13.7. The minimum Gasteiger partial charge on any atom is -0.655 e. The zero-order valence-corrected chi connectivity index (χ0v) is 23.6. The van der Waals surface area contributed by atoms with Crippen LogP contribution in [0.5, 0.6) is 0 Å². The van der Waals surface area contributed by atoms with Crippen molar-refractivity contribution in [1.29, 1.82) is 0 Å². The molecule has 0 aromatic carbocycles. The van der Waals surface area contributed by atoms with E-state index in [1.807, 2.05) is 0 Å². The third-order valence-corrected chi connectivity index (χ3v) is 1.50. The molecule has 0 aliphatic rings. The summed E-state index contributed by atoms with van der Waals surface area (Å²) in [5.74, 6) is -3.40. The summed E-state index contributed by atoms with van der Waals surface area (Å²) in [5.41, 5.74) is 0. The van der Waals surface area contributed by atoms with Crippen molar-refractivity contribution in [2.24, 2.45) is 0 Å². The predicted molar refractivity (Wildman–Crippen MR) is 93.0 cm³/mol. The maximum absolute atomic E-state index is 10.4. The van der Waals surface area contributed by atoms with E-state index >= 15 is 0 Å². The van der Waals surface area contributed by atoms with Crippen LogP contribution >= 0.6 is 0 Å². The van der Waals surface area contributed by atoms with E-state index in [4.69, 9.17) is 14.4 Å². The largest absolute Gasteiger partial charge is 0.655 e. The van der Waals surface area contributed by atoms with Gasteiger partial charge in [0.05, 0.1) is 14.2 Å². The van der Waals surface area contributed by atoms with Gasteiger partial charge in [-0.1, -0.05) is 19.4 Å². The van der Waals surface area contributed by atoms with E-state index in [2.05, 4.69) is 23.7 Å². The topological polar surface area (TPSA) is 183 Å². The molecule has 0 aromatic heterocycles. The third-order valence-electron chi connectivity index (χ3n) is 1.50. The Morgan fingerprint density at radius 2 is 0.968 bits per heavy atom. The molecule has 13 nitrogen and oxygen atoms in total. The third kappa shape index (κ3) is 58.5. The second-order valence-corrected chi connectivity index (χ2v) is 3.36. The molecule has 174 valence electrons. The van der Waals surface area contributed by atoms with Gasteiger partial charge in [-0.25, -0.2) is 9.59 Å². The van der Waals surface area contributed by atoms with Crippen molar-refractivity contribution in [3.63, 3.8) is 0 Å². The van der Waals surface area contributed by atoms with Gasteiger partial charge in [0.15, 0.2) is 0 Å². The number of rotatable bonds is 8. The van der Waals surface area contributed by atoms with Gasteiger partial charge < -0.3 is 42.9 Å². The molecule has 0 rings (SSSR count). The minimum atomic E-state index is -1.00. The van der Waals surface area contributed by atoms with Gasteiger partial charge in [-0.2, -0.15) is 6.92 Å². The summed E-state index contributed by atoms with van der Waals surface area (Å²) in [4.78, 5) is 76.8. The molecule has 15 heteroatoms. The molecule has 0 aromatic rings. The van der Waals surface area contributed by atoms with Gasteiger partial charge in [-0.3, -0.25) is 22.2 Å². The van der Waals surface area contributed by atoms with Crippen LogP contribution in [0.15, 0.2) is 0 Å². The number of Topliss-reactive ketones (excluding diaryl/α,β-unsaturated/α-hetero) is 2. The van der Waals surface area contributed by atoms with Crippen molar-refractivity contribution in [1.82, 2.24) is 0 Å². The summed E-state index contributed by atoms with van der Waals surface area (Å²) in [5, 5.41) is 0. The summed E-state index contributed by atoms with van der Waals surface area (Å²) in [6, 6.07) is 0. The first-order valence-electron chi connectivity index (χ1n) is 6.84. The summed E-state index contributed by atoms with van der Waals surface area (Å²) in [7, 11) is 6.07. The van der Waals surface area contributed by atoms with Crippen LogP contribution in [0.25, 0.3) is 0 Å². The van der Waals surface area contributed by atoms with Gasteiger partial charge >= 0.3 is 11.9 Å². The van der Waals surface area contributed by atoms with Crippen LogP contribution in [0, 0.1) is 0 Å². The van der Waals surface area contributed by atoms with Gasteiger partial charge in [-0.15, -0.1) is 0 Å². The second kappa shape index (κ2) is 46.8. The van der Waals surface area contributed by atoms with Crippen LogP contribution in [-0.2, 0) is 127 Å². The number of hydrogen-bond donors (Lipinski definition) is 0. The SMILES string of the molecule is COC(=O)C(=O)C[C-]=O.COCC(=O)C(=O)OC.CO[C-]=O.CO[C-]=O.C[C-]=O.[Y].[Y]. The number of ketones is 2. The molecule has 0 spiro atoms. The predicted octanol–water partition coefficient (Wildman–Crippen LogP) is -1.89. The molecule has 0 fully saturated rings. The van der Waals surface area contributed by atoms with Gasteiger partial charge in [0, 0.05) is 86.7 Å². The molecule has 0 aliphatic heterocycles. The van der Waals surface area contributed by atoms with E-state index in [1.54, 1.807) is 0 Å². The van der Waals surface area contributed by atoms with E-state index in [0.717, 1.165) is 14.2 Å². The molecule has 0 atom stereocenters. The summed E-state index contributed by atoms with van der Waals surface area (Å²) in [6.45, 7) is 3.46. The number of esters is 2. The van der Waals surface area contributed by atoms with Crippen LogP contribution in [0.2, 0.25) is 0 Å². The molecule has 0 saturated heterocycles. The Morgan fingerprint density at radius 1 is 0.677 bits per heavy atom. The summed E-state index contributed by atoms with van der Waals surface area (Å²) < 4.78 is 19.9. The second-order valence-electron chi connectivity index (χ2n) is 3.36. The fraction of sp³-hybridized carbons (Fsp3) is 0.500. The van der Waals surface area contributed by atoms with Crippen LogP contribution in [-0.4, -0.2) is 91.2 Å². The van der Waals surface area contributed by atoms with Crippen LogP contribution in [0.4, 0.5) is 0 Å². The standard InChI is InChI=1S/C5H8O4.C5H5O4.2C2H3O2.C2H3O.2Y/c1-8-3-4(6)5(7)9-2;1-9-5(8)4(7)2-3-6;2*1-4-2-3;1-2-3;;/h3H2,1-2H3;2H2,1H3;2*1H3;1H3;;/q;4*-1;;. The number of ether oxygens (including phenoxy) is 5. The monoisotopic (exact) mass is 600 g/mol. The van der Waals surface area contributed by atoms with Crippen LogP contribution in [0.3, 0.4) is 0 Å². The van der Waals surface area contributed by atoms with E-state index in [9.17, 15) is 24.0 Å². The van der Waals surface area contributed by atoms with Crippen molar-refractivity contribution in [2.75, 3.05) is 42.2 Å². The van der Waals surface area contributed by atoms with Crippen LogP contribution < -0.4 is 0 Å². The number of hydrogen-bond acceptors (Lipinski definition) is 13. The minimum absolute atomic E-state index is 0. The van der Waals surface area contributed by atoms with Crippen molar-refractivity contribution in [2.45, 2.75) is 13.3 Å². The Morgan fingerprint density at radius 3 is 1.16 bits per heavy atom. The van der Waals surface area contributed by atoms with Gasteiger partial charge in [-0.05, 0) is 0 Å². The zero-order valence-electron chi connectivity index (χ0n) is 17.9. The summed E-state index contributed by atoms with van der Waals surface area (Å²) >= 11 is 0. The van der Waals surface area contributed by atoms with Crippen LogP contribution in [0.1, 0.15) is 13.3 Å². The van der Waals surface area contributed by atoms with E-state index in [-0.39, 0.29) is 72.0 Å². The van der Waals surface area contributed by atoms with Crippen molar-refractivity contribution < 1.29 is 127 Å². The Bertz CT molecular complexity index is 474. The zero-order chi connectivity index (χ0) is 24.1. The normalized spacial score (nSPS) is 6.65. The van der Waals surface area contributed by atoms with Gasteiger partial charge in [0.25, 0.3) is 5.78 Å². The smallest absolute Gasteiger partial charge is 0.376 e. The average Bonchev–Trinajstić information content (AvgIpc) is 2.74. The van der Waals surface area contributed by atoms with Gasteiger partial charge in [0.1, 0.15) is 6.61 Å². The molecule has 0 unspecified atom stereocenters. The van der Waals surface area contributed by atoms with E-state index in [0.29, 0.717) is 0 Å². The van der Waals surface area contributed by atoms with Crippen molar-refractivity contribution in [3.05, 3.63) is 0 Å². The summed E-state index contributed by atoms with van der Waals surface area (Å²) in [6.07, 6.45) is 2.26. The quantitative estimate of drug-likeness (QED) is 0.0993. The first kappa shape index (κ1) is 47.5. The molecule has 0 aliphatic carbocycles. The molecule has 2 radical (unpaired) electrons. The Kier molecular flexibility index (Phi) is 71.7. The fourth-order valence-electron chi connectivity index (χ4n) is 0.555. The molecule has 0 saturated carbocycles. The maximum atomic E-state index is 10.4. The molecule has 0 heterocycles. The molecule has 0 N–H and O–H groups in total. The maximum Gasteiger partial charge on any atom is 0.376 e. The molecule has 31 heavy (non-hydrogen) atoms. The first-order valence-corrected chi connectivity index (χ1v) is 6.84. The number of methoxy groups -OCH3 is 5. The molecule has 0 amide bonds. The van der Waals surface area contributed by atoms with E-state index < -0.39 is 29.9 Å². The fourth-order valence-corrected chi connectivity index (χ4v) is 0.555. The van der Waals surface area contributed by atoms with Gasteiger partial charge in [0.2, 0.25) is 5.78 Å². The average molecular weight is 600 g/mol. The van der Waals surface area contributed by atoms with Crippen molar-refractivity contribution in [3.8, 4) is 0 Å². The Hall–Kier alpha value is -1.27. The number of carbonyl (C=O) groups is 4.